The number of ether oxygens (including phenoxy) is 1. The molecule has 1 aromatic carbocycles. The van der Waals surface area contributed by atoms with Gasteiger partial charge in [-0.2, -0.15) is 20.4 Å². The lowest BCUT2D eigenvalue weighted by atomic mass is 10.0. The molecule has 0 radical (unpaired) electrons. The fourth-order valence-electron chi connectivity index (χ4n) is 3.47. The van der Waals surface area contributed by atoms with Gasteiger partial charge in [0, 0.05) is 25.7 Å². The first-order chi connectivity index (χ1) is 14.5. The summed E-state index contributed by atoms with van der Waals surface area (Å²) in [7, 11) is 1.64. The maximum Gasteiger partial charge on any atom is 0.225 e. The van der Waals surface area contributed by atoms with Gasteiger partial charge in [-0.3, -0.25) is 9.89 Å². The second-order valence-electron chi connectivity index (χ2n) is 7.33. The number of amides is 1. The smallest absolute Gasteiger partial charge is 0.225 e. The van der Waals surface area contributed by atoms with Gasteiger partial charge in [0.25, 0.3) is 0 Å². The molecule has 154 valence electrons. The number of carbonyl (C=O) groups excluding carboxylic acids is 1. The third-order valence-corrected chi connectivity index (χ3v) is 5.16. The van der Waals surface area contributed by atoms with Crippen molar-refractivity contribution in [3.63, 3.8) is 0 Å². The Balaban J connectivity index is 1.44. The van der Waals surface area contributed by atoms with Crippen LogP contribution in [0.25, 0.3) is 11.0 Å². The zero-order chi connectivity index (χ0) is 21.1. The highest BCUT2D eigenvalue weighted by Crippen LogP contribution is 2.37. The quantitative estimate of drug-likeness (QED) is 0.532. The van der Waals surface area contributed by atoms with E-state index >= 15 is 0 Å². The van der Waals surface area contributed by atoms with E-state index in [1.165, 1.54) is 0 Å². The van der Waals surface area contributed by atoms with Crippen molar-refractivity contribution in [1.29, 1.82) is 0 Å². The van der Waals surface area contributed by atoms with Crippen LogP contribution in [0, 0.1) is 19.3 Å². The summed E-state index contributed by atoms with van der Waals surface area (Å²) in [5, 5.41) is 23.7. The molecule has 30 heavy (non-hydrogen) atoms. The highest BCUT2D eigenvalue weighted by atomic mass is 16.5. The Morgan fingerprint density at radius 1 is 1.37 bits per heavy atom. The Hall–Kier alpha value is -3.67. The maximum atomic E-state index is 12.5. The average Bonchev–Trinajstić information content (AvgIpc) is 3.29. The molecule has 0 atom stereocenters. The van der Waals surface area contributed by atoms with Gasteiger partial charge in [-0.05, 0) is 24.6 Å². The van der Waals surface area contributed by atoms with Gasteiger partial charge in [-0.1, -0.05) is 12.1 Å². The van der Waals surface area contributed by atoms with E-state index in [1.54, 1.807) is 7.11 Å². The number of aromatic nitrogens is 4. The van der Waals surface area contributed by atoms with E-state index < -0.39 is 5.66 Å². The fraction of sp³-hybridized carbons (Fsp3) is 0.381. The van der Waals surface area contributed by atoms with Gasteiger partial charge < -0.3 is 10.1 Å². The Labute approximate surface area is 173 Å². The zero-order valence-corrected chi connectivity index (χ0v) is 17.0. The highest BCUT2D eigenvalue weighted by Gasteiger charge is 2.39. The van der Waals surface area contributed by atoms with E-state index in [-0.39, 0.29) is 5.91 Å². The van der Waals surface area contributed by atoms with Crippen LogP contribution in [0.4, 0.5) is 5.82 Å². The lowest BCUT2D eigenvalue weighted by molar-refractivity contribution is -0.116. The van der Waals surface area contributed by atoms with Crippen LogP contribution in [0.1, 0.15) is 36.9 Å². The number of hydrogen-bond donors (Lipinski definition) is 2. The van der Waals surface area contributed by atoms with Crippen molar-refractivity contribution in [3.05, 3.63) is 35.5 Å². The summed E-state index contributed by atoms with van der Waals surface area (Å²) in [6.45, 7) is 2.44. The Morgan fingerprint density at radius 3 is 2.93 bits per heavy atom. The minimum absolute atomic E-state index is 0.127. The van der Waals surface area contributed by atoms with Crippen molar-refractivity contribution in [2.45, 2.75) is 44.8 Å². The summed E-state index contributed by atoms with van der Waals surface area (Å²) >= 11 is 0. The molecule has 0 saturated carbocycles. The number of hydrogen-bond acceptors (Lipinski definition) is 6. The lowest BCUT2D eigenvalue weighted by Crippen LogP contribution is -2.18. The molecule has 2 aromatic heterocycles. The second-order valence-corrected chi connectivity index (χ2v) is 7.33. The molecule has 3 heterocycles. The van der Waals surface area contributed by atoms with E-state index in [4.69, 9.17) is 11.2 Å². The van der Waals surface area contributed by atoms with Crippen LogP contribution in [-0.4, -0.2) is 38.7 Å². The number of rotatable bonds is 9. The summed E-state index contributed by atoms with van der Waals surface area (Å²) < 4.78 is 7.09. The molecular formula is C21H23N7O2. The molecule has 0 saturated heterocycles. The van der Waals surface area contributed by atoms with Crippen LogP contribution >= 0.6 is 0 Å². The van der Waals surface area contributed by atoms with Gasteiger partial charge in [-0.15, -0.1) is 12.3 Å². The molecule has 1 aliphatic heterocycles. The highest BCUT2D eigenvalue weighted by molar-refractivity contribution is 5.99. The number of benzene rings is 1. The number of terminal acetylenes is 1. The molecule has 3 aromatic rings. The topological polar surface area (TPSA) is 110 Å². The van der Waals surface area contributed by atoms with Crippen LogP contribution < -0.4 is 10.1 Å². The third kappa shape index (κ3) is 4.03. The third-order valence-electron chi connectivity index (χ3n) is 5.16. The van der Waals surface area contributed by atoms with Crippen molar-refractivity contribution >= 4 is 22.8 Å². The molecule has 1 aliphatic rings. The molecule has 0 fully saturated rings. The van der Waals surface area contributed by atoms with Crippen molar-refractivity contribution in [2.24, 2.45) is 10.2 Å². The first-order valence-corrected chi connectivity index (χ1v) is 9.75. The first-order valence-electron chi connectivity index (χ1n) is 9.75. The van der Waals surface area contributed by atoms with Gasteiger partial charge in [-0.25, -0.2) is 4.68 Å². The van der Waals surface area contributed by atoms with E-state index in [2.05, 4.69) is 36.8 Å². The number of methoxy groups -OCH3 is 1. The normalized spacial score (nSPS) is 13.9. The molecule has 9 nitrogen and oxygen atoms in total. The maximum absolute atomic E-state index is 12.5. The summed E-state index contributed by atoms with van der Waals surface area (Å²) in [5.74, 6) is 3.80. The number of H-pyrrole nitrogens is 1. The van der Waals surface area contributed by atoms with E-state index in [1.807, 2.05) is 35.9 Å². The number of nitrogens with one attached hydrogen (secondary N) is 2. The van der Waals surface area contributed by atoms with Crippen molar-refractivity contribution < 1.29 is 9.53 Å². The summed E-state index contributed by atoms with van der Waals surface area (Å²) in [4.78, 5) is 12.5. The van der Waals surface area contributed by atoms with Crippen LogP contribution in [0.3, 0.4) is 0 Å². The molecule has 0 bridgehead atoms. The molecule has 0 spiro atoms. The number of aryl methyl sites for hydroxylation is 1. The fourth-order valence-corrected chi connectivity index (χ4v) is 3.47. The average molecular weight is 405 g/mol. The van der Waals surface area contributed by atoms with Gasteiger partial charge in [0.05, 0.1) is 24.7 Å². The molecule has 0 aliphatic carbocycles. The van der Waals surface area contributed by atoms with Gasteiger partial charge in [0.15, 0.2) is 11.3 Å². The van der Waals surface area contributed by atoms with Gasteiger partial charge in [0.2, 0.25) is 5.91 Å². The summed E-state index contributed by atoms with van der Waals surface area (Å²) in [6, 6.07) is 7.80. The summed E-state index contributed by atoms with van der Waals surface area (Å²) in [5.41, 5.74) is 2.05. The number of carbonyl (C=O) groups is 1. The van der Waals surface area contributed by atoms with Crippen molar-refractivity contribution in [2.75, 3.05) is 12.4 Å². The monoisotopic (exact) mass is 405 g/mol. The molecule has 2 N–H and O–H groups in total. The van der Waals surface area contributed by atoms with Gasteiger partial charge >= 0.3 is 0 Å². The standard InChI is InChI=1S/C21H23N7O2/c1-4-5-10-21(26-27-21)11-9-17(29)22-19-18-14(2)25-28(20(18)24-23-19)13-15-7-6-8-16(12-15)30-3/h1,6-8,12H,5,9-11,13H2,2-3H3,(H2,22,23,24,29). The number of fused-ring (bicyclic) bond motifs is 1. The van der Waals surface area contributed by atoms with E-state index in [0.717, 1.165) is 22.4 Å². The Morgan fingerprint density at radius 2 is 2.20 bits per heavy atom. The SMILES string of the molecule is C#CCCC1(CCC(=O)Nc2[nH]nc3c2c(C)nn3Cc2cccc(OC)c2)N=N1. The number of anilines is 1. The minimum Gasteiger partial charge on any atom is -0.497 e. The second kappa shape index (κ2) is 7.99. The molecule has 9 heteroatoms. The van der Waals surface area contributed by atoms with Gasteiger partial charge in [0.1, 0.15) is 11.6 Å². The summed E-state index contributed by atoms with van der Waals surface area (Å²) in [6.07, 6.45) is 7.43. The Bertz CT molecular complexity index is 1150. The van der Waals surface area contributed by atoms with E-state index in [0.29, 0.717) is 43.7 Å². The molecular weight excluding hydrogens is 382 g/mol. The van der Waals surface area contributed by atoms with Crippen molar-refractivity contribution in [1.82, 2.24) is 20.0 Å². The lowest BCUT2D eigenvalue weighted by Gasteiger charge is -2.08. The molecule has 1 amide bonds. The van der Waals surface area contributed by atoms with E-state index in [9.17, 15) is 4.79 Å². The predicted molar refractivity (Wildman–Crippen MR) is 112 cm³/mol. The number of aromatic amines is 1. The first kappa shape index (κ1) is 19.6. The Kier molecular flexibility index (Phi) is 5.23. The van der Waals surface area contributed by atoms with Crippen LogP contribution in [-0.2, 0) is 11.3 Å². The minimum atomic E-state index is -0.468. The van der Waals surface area contributed by atoms with Crippen LogP contribution in [0.2, 0.25) is 0 Å². The molecule has 4 rings (SSSR count). The molecule has 0 unspecified atom stereocenters. The largest absolute Gasteiger partial charge is 0.497 e. The zero-order valence-electron chi connectivity index (χ0n) is 17.0. The number of nitrogens with zero attached hydrogens (tertiary/aromatic N) is 5. The van der Waals surface area contributed by atoms with Crippen LogP contribution in [0.15, 0.2) is 34.5 Å². The van der Waals surface area contributed by atoms with Crippen molar-refractivity contribution in [3.8, 4) is 18.1 Å². The predicted octanol–water partition coefficient (Wildman–Crippen LogP) is 3.42. The van der Waals surface area contributed by atoms with Crippen LogP contribution in [0.5, 0.6) is 5.75 Å².